The molecule has 2 saturated heterocycles. The van der Waals surface area contributed by atoms with E-state index in [4.69, 9.17) is 66.2 Å². The number of halogens is 3. The molecule has 0 atom stereocenters. The minimum Gasteiger partial charge on any atom is -0.491 e. The Morgan fingerprint density at radius 2 is 0.969 bits per heavy atom. The molecule has 0 spiro atoms. The van der Waals surface area contributed by atoms with Gasteiger partial charge >= 0.3 is 0 Å². The minimum atomic E-state index is -0.615. The van der Waals surface area contributed by atoms with Gasteiger partial charge in [0.05, 0.1) is 119 Å². The van der Waals surface area contributed by atoms with E-state index in [-0.39, 0.29) is 80.7 Å². The van der Waals surface area contributed by atoms with Crippen molar-refractivity contribution in [3.05, 3.63) is 325 Å². The summed E-state index contributed by atoms with van der Waals surface area (Å²) in [6.07, 6.45) is 6.24. The third-order valence-corrected chi connectivity index (χ3v) is 25.7. The second kappa shape index (κ2) is 41.4. The standard InChI is InChI=1S/C32H28ClN7O5S.C30H26ClN7O5S2.C27H22ClN5O4S2/c33-28-9-8-23(46-28)18-36-29-17-25(37-40(29)32(44)21-6-4-20(5-7-21)31(34)43)26-15-22(38-11-13-45-14-12-38)16-30(42)39(26)19-27(41)24-3-1-2-10-35-24;31-25-6-5-20(45-25)14-34-26-13-22(35-38(26)29(41)19-3-1-18(2-4-19)28(32)40)21-7-8-37(16-23(39)24-15-33-17-44-24)30(42)27(21)36-9-11-43-12-10-36;1-37-24-20(8-10-32(27(24)36)14-16-9-11-38-15-16)21-12-23(30-13-19-6-7-22(28)39-19)33(31-21)26(35)18-4-2-17(3-5-18)25(29)34/h1-10,15-17,36H,11-14,18-19H2,(H2,34,43);1-8,13,15,17,34H,9-12,14,16H2,(H2,32,40);2-12,15,30H,13-14H2,1H3,(H2,29,34). The lowest BCUT2D eigenvalue weighted by atomic mass is 10.1. The average Bonchev–Trinajstić information content (AvgIpc) is 1.57. The van der Waals surface area contributed by atoms with Gasteiger partial charge < -0.3 is 66.3 Å². The number of ether oxygens (including phenoxy) is 3. The normalized spacial score (nSPS) is 12.4. The predicted octanol–water partition coefficient (Wildman–Crippen LogP) is 12.9. The summed E-state index contributed by atoms with van der Waals surface area (Å²) >= 11 is 25.3. The molecule has 662 valence electrons. The number of methoxy groups -OCH3 is 1. The Kier molecular flexibility index (Phi) is 29.0. The first kappa shape index (κ1) is 90.8. The van der Waals surface area contributed by atoms with Gasteiger partial charge in [-0.25, -0.2) is 0 Å². The van der Waals surface area contributed by atoms with Gasteiger partial charge in [0.1, 0.15) is 34.5 Å². The molecule has 2 fully saturated rings. The van der Waals surface area contributed by atoms with Gasteiger partial charge in [-0.15, -0.1) is 45.3 Å². The molecule has 12 aromatic heterocycles. The summed E-state index contributed by atoms with van der Waals surface area (Å²) in [4.78, 5) is 158. The van der Waals surface area contributed by atoms with E-state index in [0.717, 1.165) is 20.2 Å². The zero-order chi connectivity index (χ0) is 91.2. The molecule has 9 N–H and O–H groups in total. The highest BCUT2D eigenvalue weighted by Gasteiger charge is 2.30. The van der Waals surface area contributed by atoms with Crippen LogP contribution in [0.1, 0.15) is 103 Å². The van der Waals surface area contributed by atoms with Crippen LogP contribution in [0.3, 0.4) is 0 Å². The number of amides is 3. The van der Waals surface area contributed by atoms with E-state index in [1.54, 1.807) is 107 Å². The molecule has 14 heterocycles. The van der Waals surface area contributed by atoms with Crippen LogP contribution in [-0.2, 0) is 48.7 Å². The highest BCUT2D eigenvalue weighted by atomic mass is 35.5. The zero-order valence-corrected chi connectivity index (χ0v) is 75.0. The molecule has 3 amide bonds. The Morgan fingerprint density at radius 3 is 1.42 bits per heavy atom. The van der Waals surface area contributed by atoms with E-state index >= 15 is 0 Å². The molecule has 130 heavy (non-hydrogen) atoms. The number of anilines is 5. The number of Topliss-reactive ketones (excluding diaryl/α,β-unsaturated/α-hetero) is 2. The molecular formula is C89H76Cl3N19O14S5. The number of pyridine rings is 4. The van der Waals surface area contributed by atoms with Crippen molar-refractivity contribution in [2.24, 2.45) is 17.2 Å². The number of nitrogens with zero attached hydrogens (tertiary/aromatic N) is 13. The number of ketones is 2. The summed E-state index contributed by atoms with van der Waals surface area (Å²) in [7, 11) is 1.43. The molecule has 2 aliphatic rings. The van der Waals surface area contributed by atoms with Crippen LogP contribution in [0.2, 0.25) is 13.0 Å². The molecule has 33 nitrogen and oxygen atoms in total. The van der Waals surface area contributed by atoms with E-state index in [2.05, 4.69) is 41.2 Å². The van der Waals surface area contributed by atoms with Gasteiger partial charge in [0, 0.05) is 134 Å². The maximum absolute atomic E-state index is 14.0. The van der Waals surface area contributed by atoms with Gasteiger partial charge in [-0.1, -0.05) is 40.9 Å². The van der Waals surface area contributed by atoms with Crippen molar-refractivity contribution in [2.75, 3.05) is 85.5 Å². The monoisotopic (exact) mass is 1900 g/mol. The summed E-state index contributed by atoms with van der Waals surface area (Å²) in [6.45, 7) is 5.04. The summed E-state index contributed by atoms with van der Waals surface area (Å²) in [5, 5.41) is 27.6. The molecule has 41 heteroatoms. The maximum atomic E-state index is 14.0. The Morgan fingerprint density at radius 1 is 0.500 bits per heavy atom. The highest BCUT2D eigenvalue weighted by molar-refractivity contribution is 7.17. The second-order valence-electron chi connectivity index (χ2n) is 28.9. The van der Waals surface area contributed by atoms with E-state index in [9.17, 15) is 52.7 Å². The number of morpholine rings is 2. The Balaban J connectivity index is 0.000000150. The molecule has 0 radical (unpaired) electrons. The number of carbonyl (C=O) groups excluding carboxylic acids is 8. The fourth-order valence-electron chi connectivity index (χ4n) is 13.9. The zero-order valence-electron chi connectivity index (χ0n) is 68.6. The van der Waals surface area contributed by atoms with E-state index in [1.165, 1.54) is 167 Å². The number of benzene rings is 3. The lowest BCUT2D eigenvalue weighted by Crippen LogP contribution is -2.41. The van der Waals surface area contributed by atoms with Crippen molar-refractivity contribution < 1.29 is 52.6 Å². The molecule has 0 aliphatic carbocycles. The van der Waals surface area contributed by atoms with Crippen LogP contribution in [0, 0.1) is 0 Å². The summed E-state index contributed by atoms with van der Waals surface area (Å²) in [5.74, 6) is -2.53. The smallest absolute Gasteiger partial charge is 0.293 e. The van der Waals surface area contributed by atoms with Crippen molar-refractivity contribution in [2.45, 2.75) is 39.3 Å². The van der Waals surface area contributed by atoms with Gasteiger partial charge in [0.2, 0.25) is 23.5 Å². The third-order valence-electron chi connectivity index (χ3n) is 20.5. The molecule has 3 aromatic carbocycles. The molecule has 0 unspecified atom stereocenters. The van der Waals surface area contributed by atoms with Gasteiger partial charge in [-0.3, -0.25) is 67.3 Å². The quantitative estimate of drug-likeness (QED) is 0.0237. The van der Waals surface area contributed by atoms with Crippen molar-refractivity contribution in [1.82, 2.24) is 53.0 Å². The van der Waals surface area contributed by atoms with E-state index in [0.29, 0.717) is 159 Å². The first-order valence-electron chi connectivity index (χ1n) is 39.8. The Labute approximate surface area is 774 Å². The predicted molar refractivity (Wildman–Crippen MR) is 501 cm³/mol. The second-order valence-corrected chi connectivity index (χ2v) is 36.0. The average molecular weight is 1900 g/mol. The first-order valence-corrected chi connectivity index (χ1v) is 45.2. The van der Waals surface area contributed by atoms with Gasteiger partial charge in [0.25, 0.3) is 34.4 Å². The topological polar surface area (TPSA) is 430 Å². The number of nitrogens with two attached hydrogens (primary N) is 3. The Hall–Kier alpha value is -13.9. The molecule has 17 rings (SSSR count). The lowest BCUT2D eigenvalue weighted by Gasteiger charge is -2.30. The van der Waals surface area contributed by atoms with Crippen LogP contribution >= 0.6 is 91.5 Å². The molecule has 15 aromatic rings. The number of carbonyl (C=O) groups is 8. The molecule has 0 saturated carbocycles. The lowest BCUT2D eigenvalue weighted by molar-refractivity contribution is 0.0939. The number of nitrogens with one attached hydrogen (secondary N) is 3. The summed E-state index contributed by atoms with van der Waals surface area (Å²) in [5.41, 5.74) is 22.8. The van der Waals surface area contributed by atoms with Crippen molar-refractivity contribution in [1.29, 1.82) is 0 Å². The number of thiophene rings is 4. The summed E-state index contributed by atoms with van der Waals surface area (Å²) < 4.78 is 26.4. The number of hydrogen-bond acceptors (Lipinski definition) is 29. The maximum Gasteiger partial charge on any atom is 0.293 e. The van der Waals surface area contributed by atoms with Crippen LogP contribution < -0.4 is 64.4 Å². The number of aromatic nitrogens is 11. The Bertz CT molecular complexity index is 6890. The highest BCUT2D eigenvalue weighted by Crippen LogP contribution is 2.35. The van der Waals surface area contributed by atoms with Crippen molar-refractivity contribution >= 4 is 167 Å². The number of rotatable bonds is 29. The van der Waals surface area contributed by atoms with Crippen LogP contribution in [0.5, 0.6) is 5.75 Å². The van der Waals surface area contributed by atoms with Crippen LogP contribution in [0.15, 0.2) is 231 Å². The summed E-state index contributed by atoms with van der Waals surface area (Å²) in [6, 6.07) is 47.7. The van der Waals surface area contributed by atoms with Crippen LogP contribution in [-0.4, -0.2) is 160 Å². The number of hydrogen-bond donors (Lipinski definition) is 6. The van der Waals surface area contributed by atoms with Gasteiger partial charge in [-0.2, -0.15) is 40.7 Å². The molecular weight excluding hydrogens is 1830 g/mol. The number of primary amides is 3. The molecule has 2 aliphatic heterocycles. The largest absolute Gasteiger partial charge is 0.491 e. The molecule has 0 bridgehead atoms. The van der Waals surface area contributed by atoms with Crippen molar-refractivity contribution in [3.8, 4) is 39.7 Å². The SMILES string of the molecule is COc1c(-c2cc(NCc3ccc(Cl)s3)n(C(=O)c3ccc(C(N)=O)cc3)n2)ccn(Cc2ccsc2)c1=O.NC(=O)c1ccc(C(=O)n2nc(-c3cc(N4CCOCC4)cc(=O)n3CC(=O)c3ccccn3)cc2NCc2ccc(Cl)s2)cc1.NC(=O)c1ccc(C(=O)n2nc(-c3ccn(CC(=O)c4cncs4)c(=O)c3N3CCOCC3)cc2NCc2ccc(Cl)s2)cc1. The van der Waals surface area contributed by atoms with Gasteiger partial charge in [0.15, 0.2) is 11.5 Å². The van der Waals surface area contributed by atoms with Crippen LogP contribution in [0.25, 0.3) is 33.9 Å². The number of thiazole rings is 1. The van der Waals surface area contributed by atoms with Crippen LogP contribution in [0.4, 0.5) is 28.8 Å². The fourth-order valence-corrected chi connectivity index (χ4v) is 18.2. The van der Waals surface area contributed by atoms with Crippen molar-refractivity contribution in [3.63, 3.8) is 0 Å². The fraction of sp³-hybridized carbons (Fsp3) is 0.169. The third kappa shape index (κ3) is 21.6. The van der Waals surface area contributed by atoms with E-state index in [1.807, 2.05) is 44.8 Å². The first-order chi connectivity index (χ1) is 62.9. The minimum absolute atomic E-state index is 0.118. The van der Waals surface area contributed by atoms with E-state index < -0.39 is 41.0 Å². The van der Waals surface area contributed by atoms with Gasteiger partial charge in [-0.05, 0) is 162 Å².